The van der Waals surface area contributed by atoms with E-state index in [1.807, 2.05) is 39.0 Å². The summed E-state index contributed by atoms with van der Waals surface area (Å²) in [5.74, 6) is 0. The second-order valence-corrected chi connectivity index (χ2v) is 6.25. The fourth-order valence-corrected chi connectivity index (χ4v) is 2.18. The Hall–Kier alpha value is -2.99. The first-order chi connectivity index (χ1) is 10.8. The number of carbonyl (C=O) groups is 1. The fraction of sp³-hybridized carbons (Fsp3) is 0.353. The summed E-state index contributed by atoms with van der Waals surface area (Å²) in [4.78, 5) is 13.8. The summed E-state index contributed by atoms with van der Waals surface area (Å²) in [5, 5.41) is 20.3. The average molecular weight is 310 g/mol. The lowest BCUT2D eigenvalue weighted by Crippen LogP contribution is -2.33. The summed E-state index contributed by atoms with van der Waals surface area (Å²) in [6.07, 6.45) is 1.03. The first kappa shape index (κ1) is 16.4. The Labute approximate surface area is 135 Å². The molecule has 23 heavy (non-hydrogen) atoms. The third-order valence-corrected chi connectivity index (χ3v) is 3.20. The highest BCUT2D eigenvalue weighted by Gasteiger charge is 2.27. The van der Waals surface area contributed by atoms with Crippen molar-refractivity contribution in [1.82, 2.24) is 4.90 Å². The van der Waals surface area contributed by atoms with E-state index in [4.69, 9.17) is 15.3 Å². The molecule has 1 aliphatic heterocycles. The van der Waals surface area contributed by atoms with Crippen molar-refractivity contribution < 1.29 is 9.53 Å². The van der Waals surface area contributed by atoms with Crippen LogP contribution in [-0.2, 0) is 17.8 Å². The number of carbonyl (C=O) groups excluding carboxylic acids is 1. The predicted molar refractivity (Wildman–Crippen MR) is 84.9 cm³/mol. The van der Waals surface area contributed by atoms with E-state index >= 15 is 0 Å². The molecule has 0 radical (unpaired) electrons. The zero-order chi connectivity index (χ0) is 17.0. The van der Waals surface area contributed by atoms with Crippen LogP contribution in [0, 0.1) is 22.7 Å². The smallest absolute Gasteiger partial charge is 0.410 e. The van der Waals surface area contributed by atoms with Crippen molar-refractivity contribution >= 4 is 11.8 Å². The quantitative estimate of drug-likeness (QED) is 0.847. The number of nitrogens with zero attached hydrogens (tertiary/aromatic N) is 3. The molecule has 1 aliphatic rings. The first-order valence-electron chi connectivity index (χ1n) is 7.19. The minimum atomic E-state index is -0.519. The van der Waals surface area contributed by atoms with Crippen molar-refractivity contribution in [3.8, 4) is 12.1 Å². The van der Waals surface area contributed by atoms with Gasteiger partial charge in [-0.15, -0.1) is 0 Å². The van der Waals surface area contributed by atoms with Gasteiger partial charge in [-0.05, 0) is 44.0 Å². The van der Waals surface area contributed by atoms with Crippen LogP contribution >= 0.6 is 0 Å². The molecule has 0 saturated heterocycles. The van der Waals surface area contributed by atoms with E-state index in [0.717, 1.165) is 16.8 Å². The van der Waals surface area contributed by atoms with Crippen LogP contribution in [0.5, 0.6) is 0 Å². The number of ether oxygens (including phenoxy) is 1. The number of benzene rings is 1. The van der Waals surface area contributed by atoms with Crippen molar-refractivity contribution in [2.45, 2.75) is 39.5 Å². The maximum atomic E-state index is 12.1. The molecule has 1 heterocycles. The maximum Gasteiger partial charge on any atom is 0.410 e. The van der Waals surface area contributed by atoms with Crippen LogP contribution in [0.2, 0.25) is 0 Å². The van der Waals surface area contributed by atoms with Crippen LogP contribution in [0.3, 0.4) is 0 Å². The lowest BCUT2D eigenvalue weighted by Gasteiger charge is -2.24. The minimum absolute atomic E-state index is 0.000815. The van der Waals surface area contributed by atoms with Gasteiger partial charge in [0.25, 0.3) is 0 Å². The maximum absolute atomic E-state index is 12.1. The third kappa shape index (κ3) is 4.24. The Morgan fingerprint density at radius 1 is 1.26 bits per heavy atom. The average Bonchev–Trinajstić information content (AvgIpc) is 2.90. The normalized spacial score (nSPS) is 12.7. The number of rotatable bonds is 2. The number of nitrogens with one attached hydrogen (secondary N) is 1. The zero-order valence-corrected chi connectivity index (χ0v) is 13.4. The van der Waals surface area contributed by atoms with Crippen molar-refractivity contribution in [1.29, 1.82) is 10.5 Å². The molecule has 0 unspecified atom stereocenters. The van der Waals surface area contributed by atoms with Gasteiger partial charge < -0.3 is 10.1 Å². The van der Waals surface area contributed by atoms with Gasteiger partial charge in [-0.25, -0.2) is 4.79 Å². The fourth-order valence-electron chi connectivity index (χ4n) is 2.18. The molecule has 1 aromatic carbocycles. The van der Waals surface area contributed by atoms with E-state index in [-0.39, 0.29) is 11.7 Å². The molecule has 6 heteroatoms. The summed E-state index contributed by atoms with van der Waals surface area (Å²) < 4.78 is 5.38. The highest BCUT2D eigenvalue weighted by molar-refractivity contribution is 5.69. The van der Waals surface area contributed by atoms with Crippen LogP contribution in [0.25, 0.3) is 0 Å². The second-order valence-electron chi connectivity index (χ2n) is 6.25. The van der Waals surface area contributed by atoms with Crippen LogP contribution < -0.4 is 5.32 Å². The van der Waals surface area contributed by atoms with Gasteiger partial charge in [-0.3, -0.25) is 4.90 Å². The lowest BCUT2D eigenvalue weighted by molar-refractivity contribution is 0.0242. The van der Waals surface area contributed by atoms with Gasteiger partial charge in [0.2, 0.25) is 0 Å². The summed E-state index contributed by atoms with van der Waals surface area (Å²) in [6.45, 7) is 6.51. The highest BCUT2D eigenvalue weighted by atomic mass is 16.6. The van der Waals surface area contributed by atoms with Crippen molar-refractivity contribution in [2.75, 3.05) is 5.32 Å². The van der Waals surface area contributed by atoms with Crippen LogP contribution in [-0.4, -0.2) is 16.6 Å². The Kier molecular flexibility index (Phi) is 4.57. The largest absolute Gasteiger partial charge is 0.444 e. The number of fused-ring (bicyclic) bond motifs is 1. The number of hydrogen-bond acceptors (Lipinski definition) is 5. The summed E-state index contributed by atoms with van der Waals surface area (Å²) in [6, 6.07) is 9.25. The van der Waals surface area contributed by atoms with Gasteiger partial charge in [0.05, 0.1) is 0 Å². The molecule has 0 saturated carbocycles. The number of amides is 1. The Morgan fingerprint density at radius 2 is 1.91 bits per heavy atom. The van der Waals surface area contributed by atoms with Crippen molar-refractivity contribution in [3.05, 3.63) is 41.1 Å². The highest BCUT2D eigenvalue weighted by Crippen LogP contribution is 2.27. The summed E-state index contributed by atoms with van der Waals surface area (Å²) in [7, 11) is 0. The van der Waals surface area contributed by atoms with Gasteiger partial charge in [0.15, 0.2) is 0 Å². The first-order valence-corrected chi connectivity index (χ1v) is 7.19. The van der Waals surface area contributed by atoms with Crippen LogP contribution in [0.1, 0.15) is 31.9 Å². The van der Waals surface area contributed by atoms with E-state index in [1.54, 1.807) is 17.0 Å². The molecule has 0 aliphatic carbocycles. The molecule has 0 aromatic heterocycles. The van der Waals surface area contributed by atoms with Crippen LogP contribution in [0.4, 0.5) is 10.5 Å². The van der Waals surface area contributed by atoms with Crippen LogP contribution in [0.15, 0.2) is 30.0 Å². The summed E-state index contributed by atoms with van der Waals surface area (Å²) in [5.41, 5.74) is 2.32. The number of anilines is 1. The molecule has 2 rings (SSSR count). The molecule has 6 nitrogen and oxygen atoms in total. The van der Waals surface area contributed by atoms with Gasteiger partial charge in [-0.1, -0.05) is 6.07 Å². The zero-order valence-electron chi connectivity index (χ0n) is 13.4. The molecule has 1 amide bonds. The molecule has 0 atom stereocenters. The Morgan fingerprint density at radius 3 is 2.52 bits per heavy atom. The summed E-state index contributed by atoms with van der Waals surface area (Å²) >= 11 is 0. The minimum Gasteiger partial charge on any atom is -0.444 e. The standard InChI is InChI=1S/C17H18N4O2/c1-17(2,3)23-16(22)21-10-13-4-5-15(6-14(13)11-21)20-9-12(7-18)8-19/h4-6,9,20H,10-11H2,1-3H3. The SMILES string of the molecule is CC(C)(C)OC(=O)N1Cc2ccc(NC=C(C#N)C#N)cc2C1. The lowest BCUT2D eigenvalue weighted by atomic mass is 10.1. The van der Waals surface area contributed by atoms with E-state index < -0.39 is 5.60 Å². The van der Waals surface area contributed by atoms with E-state index in [9.17, 15) is 4.79 Å². The van der Waals surface area contributed by atoms with Gasteiger partial charge in [0.1, 0.15) is 23.3 Å². The number of hydrogen-bond donors (Lipinski definition) is 1. The van der Waals surface area contributed by atoms with E-state index in [2.05, 4.69) is 5.32 Å². The molecule has 1 N–H and O–H groups in total. The monoisotopic (exact) mass is 310 g/mol. The predicted octanol–water partition coefficient (Wildman–Crippen LogP) is 3.28. The molecule has 118 valence electrons. The van der Waals surface area contributed by atoms with Gasteiger partial charge in [-0.2, -0.15) is 10.5 Å². The van der Waals surface area contributed by atoms with Gasteiger partial charge in [0, 0.05) is 25.0 Å². The van der Waals surface area contributed by atoms with E-state index in [0.29, 0.717) is 13.1 Å². The molecule has 0 bridgehead atoms. The number of nitriles is 2. The molecule has 0 fully saturated rings. The van der Waals surface area contributed by atoms with E-state index in [1.165, 1.54) is 6.20 Å². The van der Waals surface area contributed by atoms with Crippen molar-refractivity contribution in [2.24, 2.45) is 0 Å². The molecular formula is C17H18N4O2. The number of allylic oxidation sites excluding steroid dienone is 1. The molecule has 1 aromatic rings. The molecule has 0 spiro atoms. The van der Waals surface area contributed by atoms with Gasteiger partial charge >= 0.3 is 6.09 Å². The Bertz CT molecular complexity index is 716. The topological polar surface area (TPSA) is 89.2 Å². The molecular weight excluding hydrogens is 292 g/mol. The Balaban J connectivity index is 2.07. The second kappa shape index (κ2) is 6.41. The van der Waals surface area contributed by atoms with Crippen molar-refractivity contribution in [3.63, 3.8) is 0 Å². The third-order valence-electron chi connectivity index (χ3n) is 3.20.